The van der Waals surface area contributed by atoms with Gasteiger partial charge in [0.1, 0.15) is 5.75 Å². The third kappa shape index (κ3) is 5.46. The molecule has 0 unspecified atom stereocenters. The molecule has 5 nitrogen and oxygen atoms in total. The van der Waals surface area contributed by atoms with Crippen molar-refractivity contribution < 1.29 is 23.1 Å². The predicted octanol–water partition coefficient (Wildman–Crippen LogP) is 3.43. The number of nitrogens with two attached hydrogens (primary N) is 1. The Morgan fingerprint density at radius 2 is 1.96 bits per heavy atom. The first kappa shape index (κ1) is 18.7. The standard InChI is InChI=1S/C17H16F2N2O3S/c1-10-6-7-11(8-13(10)24-17(18)19)21-16(23)12-4-2-3-5-14(12)25-9-15(20)22/h2-8,17H,9H2,1H3,(H2,20,22)(H,21,23). The molecule has 3 N–H and O–H groups in total. The van der Waals surface area contributed by atoms with Crippen molar-refractivity contribution in [3.05, 3.63) is 53.6 Å². The summed E-state index contributed by atoms with van der Waals surface area (Å²) in [4.78, 5) is 24.0. The lowest BCUT2D eigenvalue weighted by molar-refractivity contribution is -0.115. The van der Waals surface area contributed by atoms with E-state index in [1.54, 1.807) is 43.3 Å². The number of rotatable bonds is 7. The van der Waals surface area contributed by atoms with Gasteiger partial charge in [0, 0.05) is 16.6 Å². The van der Waals surface area contributed by atoms with Crippen LogP contribution < -0.4 is 15.8 Å². The molecule has 25 heavy (non-hydrogen) atoms. The minimum Gasteiger partial charge on any atom is -0.434 e. The van der Waals surface area contributed by atoms with Crippen molar-refractivity contribution in [2.75, 3.05) is 11.1 Å². The van der Waals surface area contributed by atoms with Crippen LogP contribution in [-0.2, 0) is 4.79 Å². The molecule has 132 valence electrons. The minimum absolute atomic E-state index is 0.0100. The molecule has 2 amide bonds. The molecular weight excluding hydrogens is 350 g/mol. The number of ether oxygens (including phenoxy) is 1. The third-order valence-corrected chi connectivity index (χ3v) is 4.26. The van der Waals surface area contributed by atoms with E-state index in [2.05, 4.69) is 10.1 Å². The maximum atomic E-state index is 12.5. The van der Waals surface area contributed by atoms with E-state index in [-0.39, 0.29) is 11.5 Å². The van der Waals surface area contributed by atoms with E-state index >= 15 is 0 Å². The van der Waals surface area contributed by atoms with Crippen LogP contribution in [-0.4, -0.2) is 24.2 Å². The number of thioether (sulfide) groups is 1. The lowest BCUT2D eigenvalue weighted by Gasteiger charge is -2.12. The molecule has 0 radical (unpaired) electrons. The Morgan fingerprint density at radius 1 is 1.24 bits per heavy atom. The summed E-state index contributed by atoms with van der Waals surface area (Å²) in [5, 5.41) is 2.63. The van der Waals surface area contributed by atoms with Crippen molar-refractivity contribution in [2.45, 2.75) is 18.4 Å². The van der Waals surface area contributed by atoms with E-state index in [9.17, 15) is 18.4 Å². The van der Waals surface area contributed by atoms with E-state index in [1.807, 2.05) is 0 Å². The van der Waals surface area contributed by atoms with Crippen LogP contribution in [0.2, 0.25) is 0 Å². The van der Waals surface area contributed by atoms with Crippen LogP contribution in [0.1, 0.15) is 15.9 Å². The Balaban J connectivity index is 2.18. The maximum absolute atomic E-state index is 12.5. The molecule has 0 aromatic heterocycles. The van der Waals surface area contributed by atoms with Gasteiger partial charge in [-0.1, -0.05) is 18.2 Å². The second-order valence-corrected chi connectivity index (χ2v) is 6.08. The summed E-state index contributed by atoms with van der Waals surface area (Å²) in [5.41, 5.74) is 6.32. The van der Waals surface area contributed by atoms with Gasteiger partial charge in [-0.15, -0.1) is 11.8 Å². The molecule has 2 aromatic rings. The Bertz CT molecular complexity index is 784. The Hall–Kier alpha value is -2.61. The number of aryl methyl sites for hydroxylation is 1. The molecule has 0 aliphatic carbocycles. The molecule has 8 heteroatoms. The van der Waals surface area contributed by atoms with Crippen LogP contribution >= 0.6 is 11.8 Å². The summed E-state index contributed by atoms with van der Waals surface area (Å²) in [7, 11) is 0. The zero-order valence-corrected chi connectivity index (χ0v) is 14.1. The largest absolute Gasteiger partial charge is 0.434 e. The number of alkyl halides is 2. The number of primary amides is 1. The van der Waals surface area contributed by atoms with Gasteiger partial charge in [-0.05, 0) is 30.7 Å². The number of benzene rings is 2. The van der Waals surface area contributed by atoms with E-state index < -0.39 is 18.4 Å². The summed E-state index contributed by atoms with van der Waals surface area (Å²) in [5.74, 6) is -0.891. The summed E-state index contributed by atoms with van der Waals surface area (Å²) in [6, 6.07) is 11.2. The summed E-state index contributed by atoms with van der Waals surface area (Å²) in [6.07, 6.45) is 0. The topological polar surface area (TPSA) is 81.4 Å². The average molecular weight is 366 g/mol. The van der Waals surface area contributed by atoms with Crippen molar-refractivity contribution >= 4 is 29.3 Å². The van der Waals surface area contributed by atoms with E-state index in [4.69, 9.17) is 5.73 Å². The minimum atomic E-state index is -2.95. The fraction of sp³-hybridized carbons (Fsp3) is 0.176. The van der Waals surface area contributed by atoms with Gasteiger partial charge in [-0.3, -0.25) is 9.59 Å². The molecule has 0 spiro atoms. The number of carbonyl (C=O) groups excluding carboxylic acids is 2. The highest BCUT2D eigenvalue weighted by atomic mass is 32.2. The lowest BCUT2D eigenvalue weighted by Crippen LogP contribution is -2.15. The molecule has 0 aliphatic rings. The molecular formula is C17H16F2N2O3S. The monoisotopic (exact) mass is 366 g/mol. The SMILES string of the molecule is Cc1ccc(NC(=O)c2ccccc2SCC(N)=O)cc1OC(F)F. The number of halogens is 2. The van der Waals surface area contributed by atoms with Gasteiger partial charge >= 0.3 is 6.61 Å². The number of hydrogen-bond acceptors (Lipinski definition) is 4. The van der Waals surface area contributed by atoms with Gasteiger partial charge in [-0.2, -0.15) is 8.78 Å². The molecule has 0 heterocycles. The zero-order chi connectivity index (χ0) is 18.4. The first-order chi connectivity index (χ1) is 11.9. The van der Waals surface area contributed by atoms with Crippen molar-refractivity contribution in [3.63, 3.8) is 0 Å². The molecule has 0 saturated carbocycles. The maximum Gasteiger partial charge on any atom is 0.387 e. The molecule has 0 fully saturated rings. The Labute approximate surface area is 147 Å². The fourth-order valence-corrected chi connectivity index (χ4v) is 2.82. The predicted molar refractivity (Wildman–Crippen MR) is 92.1 cm³/mol. The molecule has 2 aromatic carbocycles. The number of nitrogens with one attached hydrogen (secondary N) is 1. The van der Waals surface area contributed by atoms with Gasteiger partial charge in [0.15, 0.2) is 0 Å². The molecule has 0 saturated heterocycles. The van der Waals surface area contributed by atoms with Gasteiger partial charge in [0.05, 0.1) is 11.3 Å². The van der Waals surface area contributed by atoms with E-state index in [1.165, 1.54) is 6.07 Å². The molecule has 0 bridgehead atoms. The van der Waals surface area contributed by atoms with Gasteiger partial charge in [0.2, 0.25) is 5.91 Å². The molecule has 2 rings (SSSR count). The summed E-state index contributed by atoms with van der Waals surface area (Å²) >= 11 is 1.15. The van der Waals surface area contributed by atoms with Crippen LogP contribution in [0, 0.1) is 6.92 Å². The smallest absolute Gasteiger partial charge is 0.387 e. The highest BCUT2D eigenvalue weighted by Gasteiger charge is 2.14. The Kier molecular flexibility index (Phi) is 6.35. The highest BCUT2D eigenvalue weighted by Crippen LogP contribution is 2.26. The summed E-state index contributed by atoms with van der Waals surface area (Å²) < 4.78 is 29.2. The number of carbonyl (C=O) groups is 2. The second-order valence-electron chi connectivity index (χ2n) is 5.06. The quantitative estimate of drug-likeness (QED) is 0.736. The second kappa shape index (κ2) is 8.48. The number of anilines is 1. The van der Waals surface area contributed by atoms with Crippen molar-refractivity contribution in [1.82, 2.24) is 0 Å². The highest BCUT2D eigenvalue weighted by molar-refractivity contribution is 8.00. The Morgan fingerprint density at radius 3 is 2.64 bits per heavy atom. The first-order valence-corrected chi connectivity index (χ1v) is 8.22. The lowest BCUT2D eigenvalue weighted by atomic mass is 10.1. The third-order valence-electron chi connectivity index (χ3n) is 3.16. The van der Waals surface area contributed by atoms with Crippen molar-refractivity contribution in [2.24, 2.45) is 5.73 Å². The summed E-state index contributed by atoms with van der Waals surface area (Å²) in [6.45, 7) is -1.32. The van der Waals surface area contributed by atoms with E-state index in [0.29, 0.717) is 21.7 Å². The van der Waals surface area contributed by atoms with Gasteiger partial charge in [0.25, 0.3) is 5.91 Å². The normalized spacial score (nSPS) is 10.6. The van der Waals surface area contributed by atoms with Crippen LogP contribution in [0.4, 0.5) is 14.5 Å². The number of amides is 2. The van der Waals surface area contributed by atoms with Crippen LogP contribution in [0.3, 0.4) is 0 Å². The average Bonchev–Trinajstić information content (AvgIpc) is 2.55. The van der Waals surface area contributed by atoms with Crippen LogP contribution in [0.15, 0.2) is 47.4 Å². The molecule has 0 atom stereocenters. The van der Waals surface area contributed by atoms with Crippen molar-refractivity contribution in [1.29, 1.82) is 0 Å². The fourth-order valence-electron chi connectivity index (χ4n) is 2.03. The van der Waals surface area contributed by atoms with Gasteiger partial charge < -0.3 is 15.8 Å². The molecule has 0 aliphatic heterocycles. The van der Waals surface area contributed by atoms with Crippen LogP contribution in [0.5, 0.6) is 5.75 Å². The number of hydrogen-bond donors (Lipinski definition) is 2. The van der Waals surface area contributed by atoms with E-state index in [0.717, 1.165) is 11.8 Å². The van der Waals surface area contributed by atoms with Gasteiger partial charge in [-0.25, -0.2) is 0 Å². The van der Waals surface area contributed by atoms with Crippen molar-refractivity contribution in [3.8, 4) is 5.75 Å². The first-order valence-electron chi connectivity index (χ1n) is 7.23. The zero-order valence-electron chi connectivity index (χ0n) is 13.3. The van der Waals surface area contributed by atoms with Crippen LogP contribution in [0.25, 0.3) is 0 Å².